The zero-order valence-electron chi connectivity index (χ0n) is 21.8. The first kappa shape index (κ1) is 32.0. The SMILES string of the molecule is CCCCc1ncc(/C=C2/C(=O)N(CO)C(=O)N2Cc2csc(C)n2)n1Cc1ccc(C(=O)OC)cc1.Cl.Cl. The van der Waals surface area contributed by atoms with Crippen LogP contribution in [0, 0.1) is 6.92 Å². The van der Waals surface area contributed by atoms with Gasteiger partial charge in [-0.2, -0.15) is 0 Å². The number of thiazole rings is 1. The van der Waals surface area contributed by atoms with Gasteiger partial charge in [0.05, 0.1) is 41.8 Å². The normalized spacial score (nSPS) is 14.0. The molecule has 0 atom stereocenters. The number of aromatic nitrogens is 3. The second-order valence-corrected chi connectivity index (χ2v) is 9.67. The first-order valence-corrected chi connectivity index (χ1v) is 12.8. The lowest BCUT2D eigenvalue weighted by Crippen LogP contribution is -2.33. The average molecular weight is 597 g/mol. The highest BCUT2D eigenvalue weighted by atomic mass is 35.5. The molecule has 3 amide bonds. The minimum Gasteiger partial charge on any atom is -0.465 e. The van der Waals surface area contributed by atoms with Crippen molar-refractivity contribution >= 4 is 60.1 Å². The molecule has 0 spiro atoms. The molecule has 0 radical (unpaired) electrons. The van der Waals surface area contributed by atoms with E-state index < -0.39 is 24.6 Å². The monoisotopic (exact) mass is 595 g/mol. The highest BCUT2D eigenvalue weighted by Gasteiger charge is 2.41. The third-order valence-corrected chi connectivity index (χ3v) is 6.89. The minimum atomic E-state index is -0.713. The summed E-state index contributed by atoms with van der Waals surface area (Å²) in [7, 11) is 1.34. The number of carbonyl (C=O) groups is 3. The maximum Gasteiger partial charge on any atom is 0.337 e. The Morgan fingerprint density at radius 3 is 2.44 bits per heavy atom. The molecule has 10 nitrogen and oxygen atoms in total. The standard InChI is InChI=1S/C26H29N5O5S.2ClH/c1-4-5-6-23-27-12-21(29(23)13-18-7-9-19(10-8-18)25(34)36-3)11-22-24(33)31(16-32)26(35)30(22)14-20-15-37-17(2)28-20;;/h7-12,15,32H,4-6,13-14,16H2,1-3H3;2*1H/b22-11-;;. The molecule has 0 unspecified atom stereocenters. The number of carbonyl (C=O) groups excluding carboxylic acids is 3. The molecule has 1 fully saturated rings. The van der Waals surface area contributed by atoms with Crippen LogP contribution in [0.5, 0.6) is 0 Å². The predicted octanol–water partition coefficient (Wildman–Crippen LogP) is 4.42. The molecule has 0 bridgehead atoms. The summed E-state index contributed by atoms with van der Waals surface area (Å²) < 4.78 is 6.78. The summed E-state index contributed by atoms with van der Waals surface area (Å²) in [5, 5.41) is 12.4. The van der Waals surface area contributed by atoms with Crippen LogP contribution in [0.4, 0.5) is 4.79 Å². The summed E-state index contributed by atoms with van der Waals surface area (Å²) in [4.78, 5) is 49.0. The summed E-state index contributed by atoms with van der Waals surface area (Å²) >= 11 is 1.46. The molecular formula is C26H31Cl2N5O5S. The van der Waals surface area contributed by atoms with Gasteiger partial charge in [0.2, 0.25) is 0 Å². The van der Waals surface area contributed by atoms with Crippen LogP contribution in [-0.4, -0.2) is 61.2 Å². The number of aliphatic hydroxyl groups is 1. The van der Waals surface area contributed by atoms with Crippen molar-refractivity contribution in [3.8, 4) is 0 Å². The zero-order valence-corrected chi connectivity index (χ0v) is 24.3. The van der Waals surface area contributed by atoms with Crippen molar-refractivity contribution in [2.75, 3.05) is 13.8 Å². The number of aliphatic hydroxyl groups excluding tert-OH is 1. The van der Waals surface area contributed by atoms with Crippen LogP contribution in [0.3, 0.4) is 0 Å². The van der Waals surface area contributed by atoms with Crippen molar-refractivity contribution in [2.24, 2.45) is 0 Å². The smallest absolute Gasteiger partial charge is 0.337 e. The molecule has 1 aliphatic heterocycles. The molecule has 3 aromatic rings. The quantitative estimate of drug-likeness (QED) is 0.209. The molecule has 0 saturated carbocycles. The number of urea groups is 1. The number of nitrogens with zero attached hydrogens (tertiary/aromatic N) is 5. The maximum atomic E-state index is 13.1. The molecular weight excluding hydrogens is 565 g/mol. The molecule has 0 aliphatic carbocycles. The van der Waals surface area contributed by atoms with E-state index in [4.69, 9.17) is 4.74 Å². The van der Waals surface area contributed by atoms with Crippen molar-refractivity contribution < 1.29 is 24.2 Å². The van der Waals surface area contributed by atoms with Crippen LogP contribution in [0.1, 0.15) is 57.9 Å². The number of hydrogen-bond donors (Lipinski definition) is 1. The van der Waals surface area contributed by atoms with E-state index >= 15 is 0 Å². The summed E-state index contributed by atoms with van der Waals surface area (Å²) in [6.45, 7) is 3.83. The first-order chi connectivity index (χ1) is 17.9. The van der Waals surface area contributed by atoms with Crippen LogP contribution < -0.4 is 0 Å². The van der Waals surface area contributed by atoms with Gasteiger partial charge in [0.1, 0.15) is 18.3 Å². The van der Waals surface area contributed by atoms with Gasteiger partial charge in [0, 0.05) is 18.3 Å². The maximum absolute atomic E-state index is 13.1. The number of esters is 1. The minimum absolute atomic E-state index is 0. The van der Waals surface area contributed by atoms with Crippen LogP contribution in [-0.2, 0) is 29.0 Å². The Balaban J connectivity index is 0.00000267. The third kappa shape index (κ3) is 7.04. The Bertz CT molecular complexity index is 1340. The van der Waals surface area contributed by atoms with E-state index in [-0.39, 0.29) is 37.1 Å². The molecule has 4 rings (SSSR count). The second-order valence-electron chi connectivity index (χ2n) is 8.61. The van der Waals surface area contributed by atoms with Crippen molar-refractivity contribution in [2.45, 2.75) is 46.2 Å². The molecule has 3 heterocycles. The zero-order chi connectivity index (χ0) is 26.5. The van der Waals surface area contributed by atoms with Gasteiger partial charge in [0.25, 0.3) is 5.91 Å². The largest absolute Gasteiger partial charge is 0.465 e. The van der Waals surface area contributed by atoms with Gasteiger partial charge >= 0.3 is 12.0 Å². The fraction of sp³-hybridized carbons (Fsp3) is 0.346. The van der Waals surface area contributed by atoms with E-state index in [0.717, 1.165) is 40.6 Å². The van der Waals surface area contributed by atoms with E-state index in [1.165, 1.54) is 23.3 Å². The van der Waals surface area contributed by atoms with Gasteiger partial charge in [-0.05, 0) is 37.1 Å². The molecule has 39 heavy (non-hydrogen) atoms. The Hall–Kier alpha value is -3.25. The molecule has 13 heteroatoms. The number of aryl methyl sites for hydroxylation is 2. The number of imidazole rings is 1. The molecule has 1 N–H and O–H groups in total. The number of rotatable bonds is 10. The van der Waals surface area contributed by atoms with Crippen molar-refractivity contribution in [1.29, 1.82) is 0 Å². The Labute approximate surface area is 243 Å². The molecule has 2 aromatic heterocycles. The van der Waals surface area contributed by atoms with Crippen LogP contribution in [0.25, 0.3) is 6.08 Å². The topological polar surface area (TPSA) is 118 Å². The fourth-order valence-electron chi connectivity index (χ4n) is 4.10. The number of ether oxygens (including phenoxy) is 1. The Kier molecular flexibility index (Phi) is 11.7. The highest BCUT2D eigenvalue weighted by Crippen LogP contribution is 2.27. The molecule has 1 saturated heterocycles. The predicted molar refractivity (Wildman–Crippen MR) is 152 cm³/mol. The van der Waals surface area contributed by atoms with E-state index in [2.05, 4.69) is 16.9 Å². The van der Waals surface area contributed by atoms with Gasteiger partial charge in [-0.1, -0.05) is 25.5 Å². The van der Waals surface area contributed by atoms with E-state index in [0.29, 0.717) is 23.5 Å². The summed E-state index contributed by atoms with van der Waals surface area (Å²) in [5.41, 5.74) is 2.85. The second kappa shape index (κ2) is 14.2. The van der Waals surface area contributed by atoms with Gasteiger partial charge in [-0.15, -0.1) is 36.2 Å². The number of benzene rings is 1. The number of halogens is 2. The lowest BCUT2D eigenvalue weighted by atomic mass is 10.1. The Morgan fingerprint density at radius 1 is 1.13 bits per heavy atom. The van der Waals surface area contributed by atoms with E-state index in [1.54, 1.807) is 24.4 Å². The van der Waals surface area contributed by atoms with Crippen molar-refractivity contribution in [1.82, 2.24) is 24.3 Å². The fourth-order valence-corrected chi connectivity index (χ4v) is 4.70. The molecule has 1 aliphatic rings. The lowest BCUT2D eigenvalue weighted by molar-refractivity contribution is -0.125. The van der Waals surface area contributed by atoms with Gasteiger partial charge in [-0.3, -0.25) is 9.69 Å². The average Bonchev–Trinajstić information content (AvgIpc) is 3.55. The number of methoxy groups -OCH3 is 1. The van der Waals surface area contributed by atoms with E-state index in [9.17, 15) is 19.5 Å². The number of unbranched alkanes of at least 4 members (excludes halogenated alkanes) is 1. The van der Waals surface area contributed by atoms with Gasteiger partial charge in [0.15, 0.2) is 0 Å². The summed E-state index contributed by atoms with van der Waals surface area (Å²) in [6.07, 6.45) is 6.01. The van der Waals surface area contributed by atoms with Crippen molar-refractivity contribution in [3.63, 3.8) is 0 Å². The first-order valence-electron chi connectivity index (χ1n) is 11.9. The highest BCUT2D eigenvalue weighted by molar-refractivity contribution is 7.09. The number of amides is 3. The number of hydrogen-bond acceptors (Lipinski definition) is 8. The van der Waals surface area contributed by atoms with Crippen LogP contribution in [0.15, 0.2) is 41.5 Å². The number of imide groups is 1. The summed E-state index contributed by atoms with van der Waals surface area (Å²) in [5.74, 6) is -0.135. The van der Waals surface area contributed by atoms with Crippen LogP contribution in [0.2, 0.25) is 0 Å². The van der Waals surface area contributed by atoms with Gasteiger partial charge in [-0.25, -0.2) is 24.5 Å². The van der Waals surface area contributed by atoms with Crippen molar-refractivity contribution in [3.05, 3.63) is 74.9 Å². The summed E-state index contributed by atoms with van der Waals surface area (Å²) in [6, 6.07) is 6.51. The van der Waals surface area contributed by atoms with E-state index in [1.807, 2.05) is 29.0 Å². The van der Waals surface area contributed by atoms with Gasteiger partial charge < -0.3 is 14.4 Å². The third-order valence-electron chi connectivity index (χ3n) is 6.07. The lowest BCUT2D eigenvalue weighted by Gasteiger charge is -2.16. The molecule has 210 valence electrons. The molecule has 1 aromatic carbocycles. The Morgan fingerprint density at radius 2 is 1.85 bits per heavy atom. The van der Waals surface area contributed by atoms with Crippen LogP contribution >= 0.6 is 36.2 Å².